The lowest BCUT2D eigenvalue weighted by Crippen LogP contribution is -2.14. The van der Waals surface area contributed by atoms with Crippen LogP contribution in [0.5, 0.6) is 0 Å². The summed E-state index contributed by atoms with van der Waals surface area (Å²) in [4.78, 5) is 15.6. The first-order valence-electron chi connectivity index (χ1n) is 5.76. The van der Waals surface area contributed by atoms with E-state index in [1.165, 1.54) is 17.4 Å². The zero-order valence-electron chi connectivity index (χ0n) is 10.3. The number of carbonyl (C=O) groups is 1. The van der Waals surface area contributed by atoms with Gasteiger partial charge in [-0.15, -0.1) is 11.3 Å². The molecule has 2 aromatic rings. The quantitative estimate of drug-likeness (QED) is 0.874. The Balaban J connectivity index is 2.23. The summed E-state index contributed by atoms with van der Waals surface area (Å²) in [6, 6.07) is 5.56. The Kier molecular flexibility index (Phi) is 4.24. The monoisotopic (exact) mass is 280 g/mol. The van der Waals surface area contributed by atoms with Crippen LogP contribution in [-0.2, 0) is 4.74 Å². The molecule has 0 saturated heterocycles. The molecule has 2 rings (SSSR count). The van der Waals surface area contributed by atoms with Crippen LogP contribution >= 0.6 is 11.3 Å². The molecule has 0 radical (unpaired) electrons. The van der Waals surface area contributed by atoms with Gasteiger partial charge >= 0.3 is 5.97 Å². The number of nitrogens with zero attached hydrogens (tertiary/aromatic N) is 1. The maximum absolute atomic E-state index is 13.6. The van der Waals surface area contributed by atoms with Crippen LogP contribution in [0.3, 0.4) is 0 Å². The van der Waals surface area contributed by atoms with E-state index in [1.54, 1.807) is 30.5 Å². The predicted octanol–water partition coefficient (Wildman–Crippen LogP) is 2.51. The molecule has 0 aliphatic rings. The van der Waals surface area contributed by atoms with E-state index in [0.29, 0.717) is 10.6 Å². The largest absolute Gasteiger partial charge is 0.461 e. The summed E-state index contributed by atoms with van der Waals surface area (Å²) >= 11 is 1.21. The van der Waals surface area contributed by atoms with Gasteiger partial charge in [-0.2, -0.15) is 0 Å². The third-order valence-electron chi connectivity index (χ3n) is 2.51. The topological polar surface area (TPSA) is 65.2 Å². The maximum Gasteiger partial charge on any atom is 0.357 e. The highest BCUT2D eigenvalue weighted by molar-refractivity contribution is 7.10. The molecule has 1 unspecified atom stereocenters. The van der Waals surface area contributed by atoms with Crippen molar-refractivity contribution in [2.75, 3.05) is 6.61 Å². The van der Waals surface area contributed by atoms with Crippen LogP contribution in [0.15, 0.2) is 29.6 Å². The smallest absolute Gasteiger partial charge is 0.357 e. The Morgan fingerprint density at radius 2 is 2.26 bits per heavy atom. The second-order valence-electron chi connectivity index (χ2n) is 3.79. The average molecular weight is 280 g/mol. The van der Waals surface area contributed by atoms with Crippen LogP contribution in [0, 0.1) is 5.82 Å². The standard InChI is InChI=1S/C13H13FN2O2S/c1-2-18-13(17)10-7-19-12(16-10)11(15)8-5-3-4-6-9(8)14/h3-7,11H,2,15H2,1H3. The van der Waals surface area contributed by atoms with E-state index < -0.39 is 12.0 Å². The Morgan fingerprint density at radius 1 is 1.53 bits per heavy atom. The van der Waals surface area contributed by atoms with Crippen molar-refractivity contribution >= 4 is 17.3 Å². The summed E-state index contributed by atoms with van der Waals surface area (Å²) in [5, 5.41) is 2.04. The van der Waals surface area contributed by atoms with Gasteiger partial charge in [-0.3, -0.25) is 0 Å². The lowest BCUT2D eigenvalue weighted by atomic mass is 10.1. The molecule has 0 aliphatic heterocycles. The van der Waals surface area contributed by atoms with Crippen LogP contribution in [-0.4, -0.2) is 17.6 Å². The molecule has 0 amide bonds. The summed E-state index contributed by atoms with van der Waals surface area (Å²) in [5.74, 6) is -0.881. The van der Waals surface area contributed by atoms with Crippen molar-refractivity contribution in [3.63, 3.8) is 0 Å². The minimum absolute atomic E-state index is 0.202. The highest BCUT2D eigenvalue weighted by Crippen LogP contribution is 2.25. The molecule has 6 heteroatoms. The van der Waals surface area contributed by atoms with Crippen molar-refractivity contribution in [2.45, 2.75) is 13.0 Å². The lowest BCUT2D eigenvalue weighted by Gasteiger charge is -2.09. The minimum Gasteiger partial charge on any atom is -0.461 e. The zero-order valence-corrected chi connectivity index (χ0v) is 11.1. The summed E-state index contributed by atoms with van der Waals surface area (Å²) < 4.78 is 18.5. The molecule has 100 valence electrons. The summed E-state index contributed by atoms with van der Waals surface area (Å²) in [6.07, 6.45) is 0. The molecule has 0 saturated carbocycles. The number of ether oxygens (including phenoxy) is 1. The first-order chi connectivity index (χ1) is 9.13. The molecule has 0 aliphatic carbocycles. The molecule has 1 atom stereocenters. The van der Waals surface area contributed by atoms with Crippen molar-refractivity contribution in [1.29, 1.82) is 0 Å². The van der Waals surface area contributed by atoms with Crippen molar-refractivity contribution in [2.24, 2.45) is 5.73 Å². The Morgan fingerprint density at radius 3 is 2.95 bits per heavy atom. The SMILES string of the molecule is CCOC(=O)c1csc(C(N)c2ccccc2F)n1. The number of halogens is 1. The number of hydrogen-bond donors (Lipinski definition) is 1. The molecule has 19 heavy (non-hydrogen) atoms. The summed E-state index contributed by atoms with van der Waals surface area (Å²) in [5.41, 5.74) is 6.52. The highest BCUT2D eigenvalue weighted by atomic mass is 32.1. The number of hydrogen-bond acceptors (Lipinski definition) is 5. The van der Waals surface area contributed by atoms with Crippen molar-refractivity contribution < 1.29 is 13.9 Å². The number of benzene rings is 1. The summed E-state index contributed by atoms with van der Waals surface area (Å²) in [7, 11) is 0. The molecule has 2 N–H and O–H groups in total. The van der Waals surface area contributed by atoms with Crippen molar-refractivity contribution in [1.82, 2.24) is 4.98 Å². The zero-order chi connectivity index (χ0) is 13.8. The van der Waals surface area contributed by atoms with Gasteiger partial charge in [0.05, 0.1) is 12.6 Å². The van der Waals surface area contributed by atoms with Crippen LogP contribution in [0.2, 0.25) is 0 Å². The van der Waals surface area contributed by atoms with Crippen LogP contribution in [0.25, 0.3) is 0 Å². The Labute approximate surface area is 114 Å². The van der Waals surface area contributed by atoms with Gasteiger partial charge < -0.3 is 10.5 Å². The minimum atomic E-state index is -0.686. The third-order valence-corrected chi connectivity index (χ3v) is 3.44. The number of thiazole rings is 1. The van der Waals surface area contributed by atoms with E-state index in [1.807, 2.05) is 0 Å². The van der Waals surface area contributed by atoms with Gasteiger partial charge in [0.25, 0.3) is 0 Å². The van der Waals surface area contributed by atoms with Gasteiger partial charge in [0.2, 0.25) is 0 Å². The normalized spacial score (nSPS) is 12.2. The van der Waals surface area contributed by atoms with E-state index in [-0.39, 0.29) is 18.1 Å². The van der Waals surface area contributed by atoms with Crippen LogP contribution in [0.1, 0.15) is 34.0 Å². The molecule has 0 bridgehead atoms. The average Bonchev–Trinajstić information content (AvgIpc) is 2.88. The van der Waals surface area contributed by atoms with E-state index >= 15 is 0 Å². The van der Waals surface area contributed by atoms with E-state index in [9.17, 15) is 9.18 Å². The number of nitrogens with two attached hydrogens (primary N) is 1. The third kappa shape index (κ3) is 2.97. The number of carbonyl (C=O) groups excluding carboxylic acids is 1. The van der Waals surface area contributed by atoms with Gasteiger partial charge in [-0.05, 0) is 13.0 Å². The molecule has 4 nitrogen and oxygen atoms in total. The fraction of sp³-hybridized carbons (Fsp3) is 0.231. The number of esters is 1. The Hall–Kier alpha value is -1.79. The van der Waals surface area contributed by atoms with Crippen LogP contribution < -0.4 is 5.73 Å². The molecular weight excluding hydrogens is 267 g/mol. The molecule has 1 aromatic heterocycles. The van der Waals surface area contributed by atoms with Crippen molar-refractivity contribution in [3.05, 3.63) is 51.7 Å². The second-order valence-corrected chi connectivity index (χ2v) is 4.68. The van der Waals surface area contributed by atoms with Crippen molar-refractivity contribution in [3.8, 4) is 0 Å². The lowest BCUT2D eigenvalue weighted by molar-refractivity contribution is 0.0520. The van der Waals surface area contributed by atoms with E-state index in [2.05, 4.69) is 4.98 Å². The van der Waals surface area contributed by atoms with Gasteiger partial charge in [0.15, 0.2) is 5.69 Å². The van der Waals surface area contributed by atoms with Crippen LogP contribution in [0.4, 0.5) is 4.39 Å². The maximum atomic E-state index is 13.6. The molecule has 0 fully saturated rings. The fourth-order valence-corrected chi connectivity index (χ4v) is 2.40. The first-order valence-corrected chi connectivity index (χ1v) is 6.64. The molecule has 1 aromatic carbocycles. The molecule has 1 heterocycles. The predicted molar refractivity (Wildman–Crippen MR) is 70.5 cm³/mol. The van der Waals surface area contributed by atoms with Gasteiger partial charge in [0.1, 0.15) is 10.8 Å². The Bertz CT molecular complexity index is 586. The van der Waals surface area contributed by atoms with E-state index in [4.69, 9.17) is 10.5 Å². The van der Waals surface area contributed by atoms with Gasteiger partial charge in [0, 0.05) is 10.9 Å². The number of rotatable bonds is 4. The summed E-state index contributed by atoms with van der Waals surface area (Å²) in [6.45, 7) is 2.00. The first kappa shape index (κ1) is 13.6. The fourth-order valence-electron chi connectivity index (χ4n) is 1.59. The highest BCUT2D eigenvalue weighted by Gasteiger charge is 2.19. The second kappa shape index (κ2) is 5.90. The molecule has 0 spiro atoms. The van der Waals surface area contributed by atoms with Gasteiger partial charge in [-0.1, -0.05) is 18.2 Å². The molecular formula is C13H13FN2O2S. The number of aromatic nitrogens is 1. The van der Waals surface area contributed by atoms with Gasteiger partial charge in [-0.25, -0.2) is 14.2 Å². The van der Waals surface area contributed by atoms with E-state index in [0.717, 1.165) is 0 Å².